The number of benzene rings is 2. The van der Waals surface area contributed by atoms with Crippen molar-refractivity contribution >= 4 is 39.8 Å². The lowest BCUT2D eigenvalue weighted by Gasteiger charge is -2.49. The Morgan fingerprint density at radius 1 is 1.09 bits per heavy atom. The number of nitriles is 1. The summed E-state index contributed by atoms with van der Waals surface area (Å²) < 4.78 is 19.8. The number of ether oxygens (including phenoxy) is 1. The van der Waals surface area contributed by atoms with Crippen molar-refractivity contribution in [3.63, 3.8) is 0 Å². The highest BCUT2D eigenvalue weighted by atomic mass is 35.5. The van der Waals surface area contributed by atoms with Crippen LogP contribution >= 0.6 is 11.6 Å². The van der Waals surface area contributed by atoms with Crippen LogP contribution in [0.25, 0.3) is 10.8 Å². The molecule has 9 nitrogen and oxygen atoms in total. The zero-order valence-electron chi connectivity index (χ0n) is 26.5. The fourth-order valence-electron chi connectivity index (χ4n) is 6.42. The second-order valence-corrected chi connectivity index (χ2v) is 13.0. The number of likely N-dealkylation sites (tertiary alicyclic amines) is 1. The van der Waals surface area contributed by atoms with Gasteiger partial charge in [0.2, 0.25) is 0 Å². The Kier molecular flexibility index (Phi) is 9.80. The number of amides is 1. The van der Waals surface area contributed by atoms with Gasteiger partial charge in [-0.3, -0.25) is 9.69 Å². The van der Waals surface area contributed by atoms with Crippen molar-refractivity contribution in [2.24, 2.45) is 0 Å². The van der Waals surface area contributed by atoms with E-state index in [1.54, 1.807) is 6.07 Å². The van der Waals surface area contributed by atoms with Crippen LogP contribution in [0.2, 0.25) is 5.02 Å². The van der Waals surface area contributed by atoms with Gasteiger partial charge in [-0.15, -0.1) is 0 Å². The van der Waals surface area contributed by atoms with Crippen molar-refractivity contribution in [2.75, 3.05) is 55.7 Å². The van der Waals surface area contributed by atoms with E-state index in [9.17, 15) is 9.18 Å². The topological polar surface area (TPSA) is 88.8 Å². The average molecular weight is 634 g/mol. The molecule has 6 rings (SSSR count). The van der Waals surface area contributed by atoms with Crippen LogP contribution in [0.15, 0.2) is 48.8 Å². The molecular formula is C34H41ClFN7O2. The lowest BCUT2D eigenvalue weighted by atomic mass is 9.94. The highest BCUT2D eigenvalue weighted by molar-refractivity contribution is 6.36. The maximum Gasteiger partial charge on any atom is 0.318 e. The number of piperazine rings is 1. The van der Waals surface area contributed by atoms with E-state index in [0.717, 1.165) is 64.5 Å². The molecule has 45 heavy (non-hydrogen) atoms. The van der Waals surface area contributed by atoms with Crippen molar-refractivity contribution < 1.29 is 13.9 Å². The van der Waals surface area contributed by atoms with Crippen LogP contribution in [0.3, 0.4) is 0 Å². The van der Waals surface area contributed by atoms with Gasteiger partial charge < -0.3 is 19.4 Å². The third-order valence-corrected chi connectivity index (χ3v) is 9.02. The predicted molar refractivity (Wildman–Crippen MR) is 176 cm³/mol. The molecule has 3 aromatic rings. The lowest BCUT2D eigenvalue weighted by molar-refractivity contribution is -0.128. The first kappa shape index (κ1) is 32.5. The summed E-state index contributed by atoms with van der Waals surface area (Å²) in [6, 6.07) is 14.7. The summed E-state index contributed by atoms with van der Waals surface area (Å²) in [5.41, 5.74) is 3.19. The van der Waals surface area contributed by atoms with E-state index in [-0.39, 0.29) is 5.54 Å². The SMILES string of the molecule is C=C(F)C(=O)N1CCN(c2nc(OCC3CCN3C(C)(C)C)nc3c2CCN(c2cccc4cccc(Cl)c24)C3)CC1.CC#N. The standard InChI is InChI=1S/C32H38ClFN6O2.C2H3N/c1-21(34)30(41)38-17-15-37(16-18-38)29-24-12-13-39(27-10-6-8-22-7-5-9-25(33)28(22)27)19-26(24)35-31(36-29)42-20-23-11-14-40(23)32(2,3)4;1-2-3/h5-10,23H,1,11-20H2,2-4H3;1H3. The minimum atomic E-state index is -0.924. The molecule has 2 saturated heterocycles. The maximum absolute atomic E-state index is 13.5. The Bertz CT molecular complexity index is 1610. The Balaban J connectivity index is 0.00000128. The van der Waals surface area contributed by atoms with E-state index in [0.29, 0.717) is 51.4 Å². The molecule has 1 aromatic heterocycles. The molecular weight excluding hydrogens is 593 g/mol. The molecule has 0 radical (unpaired) electrons. The smallest absolute Gasteiger partial charge is 0.318 e. The van der Waals surface area contributed by atoms with Gasteiger partial charge >= 0.3 is 6.01 Å². The normalized spacial score (nSPS) is 18.3. The van der Waals surface area contributed by atoms with Gasteiger partial charge in [0.05, 0.1) is 23.3 Å². The van der Waals surface area contributed by atoms with E-state index in [1.165, 1.54) is 11.8 Å². The molecule has 3 aliphatic heterocycles. The van der Waals surface area contributed by atoms with E-state index in [4.69, 9.17) is 31.6 Å². The summed E-state index contributed by atoms with van der Waals surface area (Å²) in [6.45, 7) is 16.2. The number of rotatable bonds is 6. The van der Waals surface area contributed by atoms with Crippen LogP contribution in [0, 0.1) is 11.3 Å². The summed E-state index contributed by atoms with van der Waals surface area (Å²) in [5, 5.41) is 10.2. The van der Waals surface area contributed by atoms with E-state index >= 15 is 0 Å². The highest BCUT2D eigenvalue weighted by Gasteiger charge is 2.37. The van der Waals surface area contributed by atoms with Crippen molar-refractivity contribution in [3.8, 4) is 12.1 Å². The number of fused-ring (bicyclic) bond motifs is 2. The minimum Gasteiger partial charge on any atom is -0.462 e. The van der Waals surface area contributed by atoms with Gasteiger partial charge in [-0.2, -0.15) is 15.2 Å². The molecule has 0 aliphatic carbocycles. The van der Waals surface area contributed by atoms with Gasteiger partial charge in [0.1, 0.15) is 12.4 Å². The molecule has 2 fully saturated rings. The van der Waals surface area contributed by atoms with Gasteiger partial charge in [0.15, 0.2) is 5.83 Å². The first-order chi connectivity index (χ1) is 21.5. The number of halogens is 2. The number of hydrogen-bond donors (Lipinski definition) is 0. The second kappa shape index (κ2) is 13.6. The van der Waals surface area contributed by atoms with Gasteiger partial charge in [-0.05, 0) is 51.1 Å². The third kappa shape index (κ3) is 7.00. The molecule has 11 heteroatoms. The average Bonchev–Trinajstić information content (AvgIpc) is 2.99. The number of anilines is 2. The molecule has 4 heterocycles. The van der Waals surface area contributed by atoms with Crippen LogP contribution in [-0.4, -0.2) is 83.1 Å². The summed E-state index contributed by atoms with van der Waals surface area (Å²) >= 11 is 6.68. The minimum absolute atomic E-state index is 0.0798. The zero-order chi connectivity index (χ0) is 32.3. The van der Waals surface area contributed by atoms with Crippen molar-refractivity contribution in [2.45, 2.75) is 58.7 Å². The van der Waals surface area contributed by atoms with Crippen LogP contribution in [0.4, 0.5) is 15.9 Å². The Morgan fingerprint density at radius 3 is 2.40 bits per heavy atom. The molecule has 1 atom stereocenters. The largest absolute Gasteiger partial charge is 0.462 e. The van der Waals surface area contributed by atoms with Crippen LogP contribution < -0.4 is 14.5 Å². The Hall–Kier alpha value is -3.94. The van der Waals surface area contributed by atoms with Gasteiger partial charge in [-0.1, -0.05) is 42.4 Å². The predicted octanol–water partition coefficient (Wildman–Crippen LogP) is 5.76. The van der Waals surface area contributed by atoms with Gasteiger partial charge in [0, 0.05) is 74.4 Å². The molecule has 3 aliphatic rings. The van der Waals surface area contributed by atoms with E-state index in [1.807, 2.05) is 12.1 Å². The zero-order valence-corrected chi connectivity index (χ0v) is 27.3. The number of carbonyl (C=O) groups is 1. The Labute approximate surface area is 269 Å². The number of hydrogen-bond acceptors (Lipinski definition) is 8. The molecule has 0 spiro atoms. The number of nitrogens with zero attached hydrogens (tertiary/aromatic N) is 7. The summed E-state index contributed by atoms with van der Waals surface area (Å²) in [5.74, 6) is -0.720. The lowest BCUT2D eigenvalue weighted by Crippen LogP contribution is -2.59. The fourth-order valence-corrected chi connectivity index (χ4v) is 6.70. The molecule has 1 amide bonds. The highest BCUT2D eigenvalue weighted by Crippen LogP contribution is 2.37. The van der Waals surface area contributed by atoms with Crippen LogP contribution in [0.5, 0.6) is 6.01 Å². The monoisotopic (exact) mass is 633 g/mol. The molecule has 0 bridgehead atoms. The maximum atomic E-state index is 13.5. The van der Waals surface area contributed by atoms with Crippen LogP contribution in [0.1, 0.15) is 45.4 Å². The Morgan fingerprint density at radius 2 is 1.78 bits per heavy atom. The van der Waals surface area contributed by atoms with E-state index in [2.05, 4.69) is 66.3 Å². The summed E-state index contributed by atoms with van der Waals surface area (Å²) in [6.07, 6.45) is 1.84. The molecule has 2 aromatic carbocycles. The fraction of sp³-hybridized carbons (Fsp3) is 0.471. The summed E-state index contributed by atoms with van der Waals surface area (Å²) in [7, 11) is 0. The molecule has 0 N–H and O–H groups in total. The number of aromatic nitrogens is 2. The second-order valence-electron chi connectivity index (χ2n) is 12.6. The van der Waals surface area contributed by atoms with Crippen molar-refractivity contribution in [1.29, 1.82) is 5.26 Å². The van der Waals surface area contributed by atoms with Gasteiger partial charge in [0.25, 0.3) is 5.91 Å². The summed E-state index contributed by atoms with van der Waals surface area (Å²) in [4.78, 5) is 30.5. The molecule has 0 saturated carbocycles. The molecule has 238 valence electrons. The van der Waals surface area contributed by atoms with Crippen molar-refractivity contribution in [1.82, 2.24) is 19.8 Å². The van der Waals surface area contributed by atoms with Crippen molar-refractivity contribution in [3.05, 3.63) is 65.1 Å². The van der Waals surface area contributed by atoms with E-state index < -0.39 is 11.7 Å². The molecule has 1 unspecified atom stereocenters. The quantitative estimate of drug-likeness (QED) is 0.317. The van der Waals surface area contributed by atoms with Crippen LogP contribution in [-0.2, 0) is 17.8 Å². The van der Waals surface area contributed by atoms with Gasteiger partial charge in [-0.25, -0.2) is 4.39 Å². The first-order valence-electron chi connectivity index (χ1n) is 15.4. The first-order valence-corrected chi connectivity index (χ1v) is 15.8. The number of carbonyl (C=O) groups excluding carboxylic acids is 1. The third-order valence-electron chi connectivity index (χ3n) is 8.70.